The molecule has 0 bridgehead atoms. The quantitative estimate of drug-likeness (QED) is 0.252. The zero-order valence-electron chi connectivity index (χ0n) is 15.2. The summed E-state index contributed by atoms with van der Waals surface area (Å²) in [4.78, 5) is 8.83. The number of thiazole rings is 1. The third kappa shape index (κ3) is 5.82. The molecule has 1 aromatic heterocycles. The van der Waals surface area contributed by atoms with Gasteiger partial charge in [0.15, 0.2) is 5.96 Å². The van der Waals surface area contributed by atoms with Gasteiger partial charge in [-0.25, -0.2) is 4.98 Å². The summed E-state index contributed by atoms with van der Waals surface area (Å²) in [5.74, 6) is 0.864. The van der Waals surface area contributed by atoms with Crippen molar-refractivity contribution in [2.75, 3.05) is 20.1 Å². The van der Waals surface area contributed by atoms with E-state index in [2.05, 4.69) is 38.1 Å². The fourth-order valence-corrected chi connectivity index (χ4v) is 3.98. The first-order chi connectivity index (χ1) is 12.1. The molecule has 1 aromatic carbocycles. The fourth-order valence-electron chi connectivity index (χ4n) is 2.97. The van der Waals surface area contributed by atoms with Crippen molar-refractivity contribution in [3.8, 4) is 0 Å². The van der Waals surface area contributed by atoms with E-state index >= 15 is 0 Å². The lowest BCUT2D eigenvalue weighted by molar-refractivity contribution is 0.642. The minimum Gasteiger partial charge on any atom is -0.356 e. The molecule has 0 saturated heterocycles. The van der Waals surface area contributed by atoms with Crippen LogP contribution < -0.4 is 10.6 Å². The summed E-state index contributed by atoms with van der Waals surface area (Å²) < 4.78 is 0. The van der Waals surface area contributed by atoms with Crippen LogP contribution >= 0.6 is 46.9 Å². The van der Waals surface area contributed by atoms with E-state index in [-0.39, 0.29) is 29.4 Å². The van der Waals surface area contributed by atoms with E-state index in [0.717, 1.165) is 42.6 Å². The molecule has 1 aliphatic carbocycles. The van der Waals surface area contributed by atoms with Gasteiger partial charge in [-0.1, -0.05) is 23.7 Å². The molecular weight excluding hydrogens is 479 g/mol. The Morgan fingerprint density at radius 1 is 1.35 bits per heavy atom. The van der Waals surface area contributed by atoms with E-state index in [4.69, 9.17) is 11.6 Å². The van der Waals surface area contributed by atoms with Crippen molar-refractivity contribution in [3.63, 3.8) is 0 Å². The maximum Gasteiger partial charge on any atom is 0.191 e. The molecule has 142 valence electrons. The Hall–Kier alpha value is -0.860. The lowest BCUT2D eigenvalue weighted by atomic mass is 9.96. The van der Waals surface area contributed by atoms with E-state index in [9.17, 15) is 0 Å². The Morgan fingerprint density at radius 2 is 2.15 bits per heavy atom. The molecule has 1 fully saturated rings. The maximum absolute atomic E-state index is 6.14. The van der Waals surface area contributed by atoms with E-state index < -0.39 is 0 Å². The third-order valence-corrected chi connectivity index (χ3v) is 5.90. The predicted molar refractivity (Wildman–Crippen MR) is 122 cm³/mol. The zero-order valence-corrected chi connectivity index (χ0v) is 19.1. The van der Waals surface area contributed by atoms with Crippen LogP contribution in [0.4, 0.5) is 0 Å². The Kier molecular flexibility index (Phi) is 8.16. The SMILES string of the molecule is CN=C(NCCCc1nc(C)cs1)NCC1(c2cccc(Cl)c2)CC1.I. The van der Waals surface area contributed by atoms with E-state index in [1.54, 1.807) is 11.3 Å². The first-order valence-electron chi connectivity index (χ1n) is 8.73. The number of halogens is 2. The number of aromatic nitrogens is 1. The molecule has 3 rings (SSSR count). The number of nitrogens with one attached hydrogen (secondary N) is 2. The van der Waals surface area contributed by atoms with Gasteiger partial charge in [-0.15, -0.1) is 35.3 Å². The Balaban J connectivity index is 0.00000243. The summed E-state index contributed by atoms with van der Waals surface area (Å²) in [6, 6.07) is 8.22. The number of rotatable bonds is 7. The zero-order chi connectivity index (χ0) is 17.7. The first-order valence-corrected chi connectivity index (χ1v) is 9.99. The van der Waals surface area contributed by atoms with E-state index in [0.29, 0.717) is 0 Å². The van der Waals surface area contributed by atoms with Crippen LogP contribution in [0.3, 0.4) is 0 Å². The minimum absolute atomic E-state index is 0. The molecule has 0 radical (unpaired) electrons. The van der Waals surface area contributed by atoms with Gasteiger partial charge in [-0.05, 0) is 43.9 Å². The van der Waals surface area contributed by atoms with Gasteiger partial charge >= 0.3 is 0 Å². The summed E-state index contributed by atoms with van der Waals surface area (Å²) in [5, 5.41) is 11.0. The fraction of sp³-hybridized carbons (Fsp3) is 0.474. The van der Waals surface area contributed by atoms with Gasteiger partial charge in [0.05, 0.1) is 5.01 Å². The van der Waals surface area contributed by atoms with Crippen molar-refractivity contribution in [3.05, 3.63) is 50.9 Å². The highest BCUT2D eigenvalue weighted by atomic mass is 127. The minimum atomic E-state index is 0. The highest BCUT2D eigenvalue weighted by Crippen LogP contribution is 2.48. The summed E-state index contributed by atoms with van der Waals surface area (Å²) in [5.41, 5.74) is 2.64. The number of hydrogen-bond donors (Lipinski definition) is 2. The highest BCUT2D eigenvalue weighted by molar-refractivity contribution is 14.0. The second-order valence-electron chi connectivity index (χ2n) is 6.63. The Bertz CT molecular complexity index is 743. The van der Waals surface area contributed by atoms with Crippen molar-refractivity contribution in [2.45, 2.75) is 38.0 Å². The van der Waals surface area contributed by atoms with Gasteiger partial charge in [0.25, 0.3) is 0 Å². The van der Waals surface area contributed by atoms with Crippen LogP contribution in [0.2, 0.25) is 5.02 Å². The number of nitrogens with zero attached hydrogens (tertiary/aromatic N) is 2. The van der Waals surface area contributed by atoms with Crippen molar-refractivity contribution < 1.29 is 0 Å². The third-order valence-electron chi connectivity index (χ3n) is 4.63. The molecule has 0 unspecified atom stereocenters. The van der Waals surface area contributed by atoms with Crippen LogP contribution in [0.5, 0.6) is 0 Å². The number of hydrogen-bond acceptors (Lipinski definition) is 3. The molecule has 1 saturated carbocycles. The summed E-state index contributed by atoms with van der Waals surface area (Å²) in [6.07, 6.45) is 4.45. The maximum atomic E-state index is 6.14. The second kappa shape index (κ2) is 9.90. The monoisotopic (exact) mass is 504 g/mol. The van der Waals surface area contributed by atoms with Crippen molar-refractivity contribution in [1.82, 2.24) is 15.6 Å². The average Bonchev–Trinajstić information content (AvgIpc) is 3.29. The van der Waals surface area contributed by atoms with Gasteiger partial charge in [-0.3, -0.25) is 4.99 Å². The summed E-state index contributed by atoms with van der Waals surface area (Å²) >= 11 is 7.88. The van der Waals surface area contributed by atoms with Crippen molar-refractivity contribution >= 4 is 52.9 Å². The Morgan fingerprint density at radius 3 is 2.77 bits per heavy atom. The molecule has 2 N–H and O–H groups in total. The van der Waals surface area contributed by atoms with Crippen molar-refractivity contribution in [1.29, 1.82) is 0 Å². The molecule has 2 aromatic rings. The molecule has 1 heterocycles. The van der Waals surface area contributed by atoms with E-state index in [1.807, 2.05) is 26.1 Å². The lowest BCUT2D eigenvalue weighted by Crippen LogP contribution is -2.41. The number of aliphatic imine (C=N–C) groups is 1. The standard InChI is InChI=1S/C19H25ClN4S.HI/c1-14-12-25-17(24-14)7-4-10-22-18(21-2)23-13-19(8-9-19)15-5-3-6-16(20)11-15;/h3,5-6,11-12H,4,7-10,13H2,1-2H3,(H2,21,22,23);1H. The van der Waals surface area contributed by atoms with Gasteiger partial charge in [0.1, 0.15) is 0 Å². The lowest BCUT2D eigenvalue weighted by Gasteiger charge is -2.19. The molecule has 0 atom stereocenters. The van der Waals surface area contributed by atoms with Crippen LogP contribution in [-0.2, 0) is 11.8 Å². The van der Waals surface area contributed by atoms with Crippen LogP contribution in [0.15, 0.2) is 34.6 Å². The van der Waals surface area contributed by atoms with Crippen molar-refractivity contribution in [2.24, 2.45) is 4.99 Å². The normalized spacial score (nSPS) is 15.3. The molecule has 0 spiro atoms. The second-order valence-corrected chi connectivity index (χ2v) is 8.01. The average molecular weight is 505 g/mol. The molecular formula is C19H26ClIN4S. The molecule has 0 amide bonds. The number of aryl methyl sites for hydroxylation is 2. The van der Waals surface area contributed by atoms with E-state index in [1.165, 1.54) is 23.4 Å². The topological polar surface area (TPSA) is 49.3 Å². The summed E-state index contributed by atoms with van der Waals surface area (Å²) in [6.45, 7) is 3.82. The highest BCUT2D eigenvalue weighted by Gasteiger charge is 2.44. The van der Waals surface area contributed by atoms with Gasteiger partial charge in [0.2, 0.25) is 0 Å². The van der Waals surface area contributed by atoms with Gasteiger partial charge in [-0.2, -0.15) is 0 Å². The molecule has 7 heteroatoms. The van der Waals surface area contributed by atoms with Gasteiger partial charge < -0.3 is 10.6 Å². The number of benzene rings is 1. The first kappa shape index (κ1) is 21.4. The van der Waals surface area contributed by atoms with Crippen LogP contribution in [0.1, 0.15) is 35.5 Å². The van der Waals surface area contributed by atoms with Crippen LogP contribution in [0.25, 0.3) is 0 Å². The van der Waals surface area contributed by atoms with Crippen LogP contribution in [0, 0.1) is 6.92 Å². The molecule has 0 aliphatic heterocycles. The largest absolute Gasteiger partial charge is 0.356 e. The van der Waals surface area contributed by atoms with Gasteiger partial charge in [0, 0.05) is 48.1 Å². The summed E-state index contributed by atoms with van der Waals surface area (Å²) in [7, 11) is 1.82. The molecule has 26 heavy (non-hydrogen) atoms. The molecule has 1 aliphatic rings. The molecule has 4 nitrogen and oxygen atoms in total. The van der Waals surface area contributed by atoms with Crippen LogP contribution in [-0.4, -0.2) is 31.1 Å². The smallest absolute Gasteiger partial charge is 0.191 e. The Labute approximate surface area is 181 Å². The predicted octanol–water partition coefficient (Wildman–Crippen LogP) is 4.55. The number of guanidine groups is 1.